The Bertz CT molecular complexity index is 1400. The lowest BCUT2D eigenvalue weighted by atomic mass is 9.99. The molecule has 2 aromatic carbocycles. The Hall–Kier alpha value is -3.58. The lowest BCUT2D eigenvalue weighted by Gasteiger charge is -2.19. The van der Waals surface area contributed by atoms with Gasteiger partial charge in [-0.25, -0.2) is 9.59 Å². The first-order valence-corrected chi connectivity index (χ1v) is 10.7. The molecule has 0 bridgehead atoms. The van der Waals surface area contributed by atoms with Crippen molar-refractivity contribution >= 4 is 21.9 Å². The second-order valence-electron chi connectivity index (χ2n) is 7.44. The Kier molecular flexibility index (Phi) is 6.01. The molecule has 0 spiro atoms. The van der Waals surface area contributed by atoms with E-state index in [1.807, 2.05) is 32.9 Å². The van der Waals surface area contributed by atoms with Crippen LogP contribution >= 0.6 is 0 Å². The van der Waals surface area contributed by atoms with E-state index in [2.05, 4.69) is 4.90 Å². The quantitative estimate of drug-likeness (QED) is 0.427. The van der Waals surface area contributed by atoms with E-state index in [9.17, 15) is 14.7 Å². The number of rotatable bonds is 7. The van der Waals surface area contributed by atoms with Crippen molar-refractivity contribution in [2.75, 3.05) is 19.7 Å². The maximum absolute atomic E-state index is 13.0. The van der Waals surface area contributed by atoms with Crippen LogP contribution in [0.3, 0.4) is 0 Å². The van der Waals surface area contributed by atoms with Crippen LogP contribution in [-0.4, -0.2) is 29.7 Å². The van der Waals surface area contributed by atoms with Gasteiger partial charge in [0.1, 0.15) is 11.3 Å². The van der Waals surface area contributed by atoms with Gasteiger partial charge in [0, 0.05) is 28.9 Å². The topological polar surface area (TPSA) is 93.1 Å². The van der Waals surface area contributed by atoms with Gasteiger partial charge in [-0.05, 0) is 44.3 Å². The summed E-state index contributed by atoms with van der Waals surface area (Å²) in [6.45, 7) is 8.28. The number of fused-ring (bicyclic) bond motifs is 2. The molecule has 2 aromatic heterocycles. The molecule has 0 aliphatic carbocycles. The van der Waals surface area contributed by atoms with Crippen LogP contribution in [0.4, 0.5) is 0 Å². The Morgan fingerprint density at radius 2 is 1.72 bits per heavy atom. The van der Waals surface area contributed by atoms with Crippen LogP contribution in [0.2, 0.25) is 0 Å². The molecule has 0 unspecified atom stereocenters. The molecule has 4 aromatic rings. The summed E-state index contributed by atoms with van der Waals surface area (Å²) in [4.78, 5) is 27.5. The van der Waals surface area contributed by atoms with Crippen molar-refractivity contribution < 1.29 is 18.7 Å². The summed E-state index contributed by atoms with van der Waals surface area (Å²) >= 11 is 0. The van der Waals surface area contributed by atoms with Gasteiger partial charge in [0.2, 0.25) is 0 Å². The molecule has 0 amide bonds. The second kappa shape index (κ2) is 8.88. The minimum Gasteiger partial charge on any atom is -0.507 e. The molecule has 0 saturated heterocycles. The van der Waals surface area contributed by atoms with Gasteiger partial charge >= 0.3 is 11.3 Å². The third kappa shape index (κ3) is 3.87. The van der Waals surface area contributed by atoms with Crippen LogP contribution in [0.1, 0.15) is 26.3 Å². The van der Waals surface area contributed by atoms with Gasteiger partial charge in [-0.3, -0.25) is 4.90 Å². The summed E-state index contributed by atoms with van der Waals surface area (Å²) in [6.07, 6.45) is 0. The second-order valence-corrected chi connectivity index (χ2v) is 7.44. The van der Waals surface area contributed by atoms with Crippen LogP contribution in [0.5, 0.6) is 11.5 Å². The van der Waals surface area contributed by atoms with E-state index in [1.165, 1.54) is 6.07 Å². The van der Waals surface area contributed by atoms with E-state index in [0.717, 1.165) is 13.1 Å². The zero-order valence-corrected chi connectivity index (χ0v) is 18.3. The van der Waals surface area contributed by atoms with E-state index in [4.69, 9.17) is 13.6 Å². The molecule has 0 fully saturated rings. The Labute approximate surface area is 184 Å². The van der Waals surface area contributed by atoms with Gasteiger partial charge in [0.25, 0.3) is 0 Å². The maximum Gasteiger partial charge on any atom is 0.344 e. The highest BCUT2D eigenvalue weighted by atomic mass is 16.5. The predicted octanol–water partition coefficient (Wildman–Crippen LogP) is 4.51. The van der Waals surface area contributed by atoms with Crippen molar-refractivity contribution in [3.8, 4) is 22.6 Å². The van der Waals surface area contributed by atoms with E-state index in [-0.39, 0.29) is 16.9 Å². The summed E-state index contributed by atoms with van der Waals surface area (Å²) in [5.74, 6) is 0.522. The molecule has 0 atom stereocenters. The molecular weight excluding hydrogens is 410 g/mol. The van der Waals surface area contributed by atoms with E-state index >= 15 is 0 Å². The highest BCUT2D eigenvalue weighted by Gasteiger charge is 2.19. The molecular formula is C25H25NO6. The summed E-state index contributed by atoms with van der Waals surface area (Å²) in [7, 11) is 0. The van der Waals surface area contributed by atoms with Crippen molar-refractivity contribution in [2.24, 2.45) is 0 Å². The molecule has 0 aliphatic rings. The number of phenols is 1. The zero-order valence-electron chi connectivity index (χ0n) is 18.3. The number of phenolic OH excluding ortho intramolecular Hbond substituents is 1. The Balaban J connectivity index is 1.98. The number of nitrogens with zero attached hydrogens (tertiary/aromatic N) is 1. The molecule has 166 valence electrons. The first-order valence-electron chi connectivity index (χ1n) is 10.7. The molecule has 2 heterocycles. The summed E-state index contributed by atoms with van der Waals surface area (Å²) in [6, 6.07) is 11.5. The normalized spacial score (nSPS) is 11.5. The number of para-hydroxylation sites is 1. The van der Waals surface area contributed by atoms with Crippen LogP contribution in [-0.2, 0) is 6.54 Å². The van der Waals surface area contributed by atoms with Gasteiger partial charge in [-0.15, -0.1) is 0 Å². The fourth-order valence-electron chi connectivity index (χ4n) is 3.89. The van der Waals surface area contributed by atoms with E-state index in [1.54, 1.807) is 24.3 Å². The van der Waals surface area contributed by atoms with Crippen LogP contribution < -0.4 is 16.0 Å². The highest BCUT2D eigenvalue weighted by molar-refractivity contribution is 5.97. The minimum atomic E-state index is -0.610. The summed E-state index contributed by atoms with van der Waals surface area (Å²) in [5.41, 5.74) is 0.570. The Morgan fingerprint density at radius 1 is 0.938 bits per heavy atom. The number of ether oxygens (including phenoxy) is 1. The lowest BCUT2D eigenvalue weighted by Crippen LogP contribution is -2.22. The van der Waals surface area contributed by atoms with Crippen molar-refractivity contribution in [2.45, 2.75) is 27.3 Å². The standard InChI is InChI=1S/C25H25NO6/c1-4-26(5-2)14-19-20(27)11-10-16-17(13-22(28)31-24(16)19)18-12-15-8-7-9-21(30-6-3)23(15)32-25(18)29/h7-13,27H,4-6,14H2,1-3H3. The van der Waals surface area contributed by atoms with Crippen molar-refractivity contribution in [3.05, 3.63) is 68.9 Å². The largest absolute Gasteiger partial charge is 0.507 e. The fourth-order valence-corrected chi connectivity index (χ4v) is 3.89. The first-order chi connectivity index (χ1) is 15.5. The number of hydrogen-bond acceptors (Lipinski definition) is 7. The van der Waals surface area contributed by atoms with Gasteiger partial charge < -0.3 is 18.7 Å². The SMILES string of the molecule is CCOc1cccc2cc(-c3cc(=O)oc4c(CN(CC)CC)c(O)ccc34)c(=O)oc12. The van der Waals surface area contributed by atoms with Gasteiger partial charge in [-0.1, -0.05) is 26.0 Å². The van der Waals surface area contributed by atoms with Gasteiger partial charge in [0.05, 0.1) is 17.7 Å². The number of benzene rings is 2. The summed E-state index contributed by atoms with van der Waals surface area (Å²) < 4.78 is 16.7. The third-order valence-corrected chi connectivity index (χ3v) is 5.58. The predicted molar refractivity (Wildman–Crippen MR) is 123 cm³/mol. The molecule has 1 N–H and O–H groups in total. The smallest absolute Gasteiger partial charge is 0.344 e. The number of aromatic hydroxyl groups is 1. The third-order valence-electron chi connectivity index (χ3n) is 5.58. The van der Waals surface area contributed by atoms with Gasteiger partial charge in [-0.2, -0.15) is 0 Å². The molecule has 0 saturated carbocycles. The summed E-state index contributed by atoms with van der Waals surface area (Å²) in [5, 5.41) is 11.7. The fraction of sp³-hybridized carbons (Fsp3) is 0.280. The van der Waals surface area contributed by atoms with Gasteiger partial charge in [0.15, 0.2) is 11.3 Å². The molecule has 0 aliphatic heterocycles. The van der Waals surface area contributed by atoms with Crippen molar-refractivity contribution in [1.29, 1.82) is 0 Å². The van der Waals surface area contributed by atoms with Crippen LogP contribution in [0, 0.1) is 0 Å². The zero-order chi connectivity index (χ0) is 22.8. The average molecular weight is 435 g/mol. The number of hydrogen-bond donors (Lipinski definition) is 1. The lowest BCUT2D eigenvalue weighted by molar-refractivity contribution is 0.290. The molecule has 32 heavy (non-hydrogen) atoms. The first kappa shape index (κ1) is 21.6. The maximum atomic E-state index is 13.0. The molecule has 7 heteroatoms. The minimum absolute atomic E-state index is 0.0385. The van der Waals surface area contributed by atoms with Crippen LogP contribution in [0.25, 0.3) is 33.1 Å². The molecule has 7 nitrogen and oxygen atoms in total. The Morgan fingerprint density at radius 3 is 2.44 bits per heavy atom. The monoisotopic (exact) mass is 435 g/mol. The average Bonchev–Trinajstić information content (AvgIpc) is 2.78. The highest BCUT2D eigenvalue weighted by Crippen LogP contribution is 2.34. The molecule has 0 radical (unpaired) electrons. The van der Waals surface area contributed by atoms with E-state index in [0.29, 0.717) is 46.4 Å². The molecule has 4 rings (SSSR count). The van der Waals surface area contributed by atoms with Crippen molar-refractivity contribution in [3.63, 3.8) is 0 Å². The van der Waals surface area contributed by atoms with Crippen molar-refractivity contribution in [1.82, 2.24) is 4.90 Å². The van der Waals surface area contributed by atoms with E-state index < -0.39 is 11.3 Å². The van der Waals surface area contributed by atoms with Crippen LogP contribution in [0.15, 0.2) is 60.9 Å².